The second kappa shape index (κ2) is 10.7. The van der Waals surface area contributed by atoms with Crippen molar-refractivity contribution in [3.63, 3.8) is 0 Å². The van der Waals surface area contributed by atoms with E-state index in [1.165, 1.54) is 27.5 Å². The van der Waals surface area contributed by atoms with Crippen LogP contribution in [0, 0.1) is 0 Å². The monoisotopic (exact) mass is 491 g/mol. The van der Waals surface area contributed by atoms with Crippen LogP contribution in [0.25, 0.3) is 38.6 Å². The summed E-state index contributed by atoms with van der Waals surface area (Å²) in [4.78, 5) is 0. The van der Waals surface area contributed by atoms with E-state index in [4.69, 9.17) is 11.6 Å². The van der Waals surface area contributed by atoms with Gasteiger partial charge in [-0.2, -0.15) is 0 Å². The number of aromatic nitrogens is 1. The Kier molecular flexibility index (Phi) is 7.95. The van der Waals surface area contributed by atoms with Crippen molar-refractivity contribution in [2.24, 2.45) is 0 Å². The van der Waals surface area contributed by atoms with E-state index < -0.39 is 0 Å². The van der Waals surface area contributed by atoms with Crippen LogP contribution < -0.4 is 0 Å². The Morgan fingerprint density at radius 1 is 0.613 bits per heavy atom. The molecule has 4 aromatic carbocycles. The van der Waals surface area contributed by atoms with E-state index >= 15 is 0 Å². The minimum Gasteiger partial charge on any atom is -0.309 e. The fourth-order valence-electron chi connectivity index (χ4n) is 3.73. The fourth-order valence-corrected chi connectivity index (χ4v) is 4.59. The van der Waals surface area contributed by atoms with Crippen molar-refractivity contribution in [1.82, 2.24) is 4.57 Å². The van der Waals surface area contributed by atoms with E-state index in [1.54, 1.807) is 0 Å². The lowest BCUT2D eigenvalue weighted by atomic mass is 10.0. The number of hydrogen-bond acceptors (Lipinski definition) is 0. The van der Waals surface area contributed by atoms with Gasteiger partial charge in [0.05, 0.1) is 11.0 Å². The molecule has 1 nitrogen and oxygen atoms in total. The van der Waals surface area contributed by atoms with Gasteiger partial charge in [0.15, 0.2) is 0 Å². The highest BCUT2D eigenvalue weighted by Gasteiger charge is 2.13. The molecule has 1 heterocycles. The van der Waals surface area contributed by atoms with E-state index in [0.29, 0.717) is 0 Å². The number of benzene rings is 4. The first kappa shape index (κ1) is 23.1. The summed E-state index contributed by atoms with van der Waals surface area (Å²) in [6.07, 6.45) is 0. The highest BCUT2D eigenvalue weighted by molar-refractivity contribution is 9.10. The van der Waals surface area contributed by atoms with Crippen molar-refractivity contribution >= 4 is 49.3 Å². The lowest BCUT2D eigenvalue weighted by Gasteiger charge is -2.08. The third kappa shape index (κ3) is 4.71. The van der Waals surface area contributed by atoms with Crippen LogP contribution in [-0.2, 0) is 0 Å². The van der Waals surface area contributed by atoms with Crippen LogP contribution in [-0.4, -0.2) is 4.57 Å². The quantitative estimate of drug-likeness (QED) is 0.231. The lowest BCUT2D eigenvalue weighted by Crippen LogP contribution is -1.92. The second-order valence-corrected chi connectivity index (χ2v) is 7.93. The molecule has 0 bridgehead atoms. The molecule has 0 aliphatic heterocycles. The van der Waals surface area contributed by atoms with Crippen molar-refractivity contribution in [3.05, 3.63) is 100 Å². The molecule has 0 N–H and O–H groups in total. The van der Waals surface area contributed by atoms with Crippen LogP contribution in [0.4, 0.5) is 0 Å². The molecule has 0 fully saturated rings. The maximum absolute atomic E-state index is 6.26. The summed E-state index contributed by atoms with van der Waals surface area (Å²) in [6.45, 7) is 8.00. The molecule has 1 aromatic heterocycles. The Bertz CT molecular complexity index is 1270. The number of nitrogens with zero attached hydrogens (tertiary/aromatic N) is 1. The number of halogens is 2. The first-order valence-corrected chi connectivity index (χ1v) is 11.9. The Hall–Kier alpha value is -2.55. The van der Waals surface area contributed by atoms with Crippen LogP contribution in [0.2, 0.25) is 5.02 Å². The van der Waals surface area contributed by atoms with Gasteiger partial charge in [0.1, 0.15) is 0 Å². The van der Waals surface area contributed by atoms with Crippen LogP contribution in [0.1, 0.15) is 27.7 Å². The molecule has 0 aliphatic carbocycles. The average Bonchev–Trinajstić information content (AvgIpc) is 3.15. The molecule has 5 rings (SSSR count). The highest BCUT2D eigenvalue weighted by Crippen LogP contribution is 2.35. The van der Waals surface area contributed by atoms with E-state index in [-0.39, 0.29) is 0 Å². The number of rotatable bonds is 2. The van der Waals surface area contributed by atoms with Gasteiger partial charge in [-0.25, -0.2) is 0 Å². The van der Waals surface area contributed by atoms with E-state index in [9.17, 15) is 0 Å². The zero-order valence-corrected chi connectivity index (χ0v) is 20.7. The lowest BCUT2D eigenvalue weighted by molar-refractivity contribution is 1.18. The summed E-state index contributed by atoms with van der Waals surface area (Å²) >= 11 is 9.81. The van der Waals surface area contributed by atoms with Gasteiger partial charge in [-0.1, -0.05) is 97.7 Å². The van der Waals surface area contributed by atoms with Gasteiger partial charge >= 0.3 is 0 Å². The zero-order chi connectivity index (χ0) is 22.4. The van der Waals surface area contributed by atoms with Crippen LogP contribution >= 0.6 is 27.5 Å². The molecule has 31 heavy (non-hydrogen) atoms. The standard InChI is InChI=1S/C24H15BrClN.2C2H6/c25-18-12-17(13-19(26)15-18)16-10-11-24-22(14-16)21-8-4-5-9-23(21)27(24)20-6-2-1-3-7-20;2*1-2/h1-15H;2*1-2H3. The van der Waals surface area contributed by atoms with Crippen molar-refractivity contribution < 1.29 is 0 Å². The van der Waals surface area contributed by atoms with Crippen LogP contribution in [0.5, 0.6) is 0 Å². The smallest absolute Gasteiger partial charge is 0.0541 e. The minimum atomic E-state index is 0.728. The van der Waals surface area contributed by atoms with Gasteiger partial charge in [-0.15, -0.1) is 0 Å². The van der Waals surface area contributed by atoms with Gasteiger partial charge in [0.2, 0.25) is 0 Å². The van der Waals surface area contributed by atoms with Crippen molar-refractivity contribution in [3.8, 4) is 16.8 Å². The van der Waals surface area contributed by atoms with Gasteiger partial charge < -0.3 is 4.57 Å². The summed E-state index contributed by atoms with van der Waals surface area (Å²) in [5, 5.41) is 3.22. The number of para-hydroxylation sites is 2. The number of hydrogen-bond donors (Lipinski definition) is 0. The molecule has 0 unspecified atom stereocenters. The van der Waals surface area contributed by atoms with Gasteiger partial charge in [-0.05, 0) is 59.7 Å². The Morgan fingerprint density at radius 3 is 1.97 bits per heavy atom. The Labute approximate surface area is 198 Å². The summed E-state index contributed by atoms with van der Waals surface area (Å²) < 4.78 is 3.30. The van der Waals surface area contributed by atoms with Gasteiger partial charge in [0.25, 0.3) is 0 Å². The van der Waals surface area contributed by atoms with E-state index in [0.717, 1.165) is 20.6 Å². The summed E-state index contributed by atoms with van der Waals surface area (Å²) in [6, 6.07) is 31.7. The number of fused-ring (bicyclic) bond motifs is 3. The Morgan fingerprint density at radius 2 is 1.26 bits per heavy atom. The molecular weight excluding hydrogens is 466 g/mol. The minimum absolute atomic E-state index is 0.728. The molecule has 3 heteroatoms. The third-order valence-corrected chi connectivity index (χ3v) is 5.56. The molecule has 0 spiro atoms. The molecule has 0 atom stereocenters. The highest BCUT2D eigenvalue weighted by atomic mass is 79.9. The molecule has 0 aliphatic rings. The van der Waals surface area contributed by atoms with E-state index in [2.05, 4.69) is 93.3 Å². The van der Waals surface area contributed by atoms with Crippen molar-refractivity contribution in [1.29, 1.82) is 0 Å². The van der Waals surface area contributed by atoms with Crippen LogP contribution in [0.3, 0.4) is 0 Å². The normalized spacial score (nSPS) is 10.3. The van der Waals surface area contributed by atoms with E-state index in [1.807, 2.05) is 45.9 Å². The summed E-state index contributed by atoms with van der Waals surface area (Å²) in [7, 11) is 0. The molecule has 0 saturated carbocycles. The predicted octanol–water partition coefficient (Wildman–Crippen LogP) is 9.92. The maximum atomic E-state index is 6.26. The summed E-state index contributed by atoms with van der Waals surface area (Å²) in [5.41, 5.74) is 5.84. The zero-order valence-electron chi connectivity index (χ0n) is 18.4. The van der Waals surface area contributed by atoms with Crippen molar-refractivity contribution in [2.45, 2.75) is 27.7 Å². The van der Waals surface area contributed by atoms with Crippen molar-refractivity contribution in [2.75, 3.05) is 0 Å². The largest absolute Gasteiger partial charge is 0.309 e. The molecule has 5 aromatic rings. The molecule has 158 valence electrons. The Balaban J connectivity index is 0.000000645. The average molecular weight is 493 g/mol. The maximum Gasteiger partial charge on any atom is 0.0541 e. The first-order valence-electron chi connectivity index (χ1n) is 10.8. The molecule has 0 saturated heterocycles. The predicted molar refractivity (Wildman–Crippen MR) is 142 cm³/mol. The second-order valence-electron chi connectivity index (χ2n) is 6.58. The molecular formula is C28H27BrClN. The van der Waals surface area contributed by atoms with Crippen LogP contribution in [0.15, 0.2) is 95.5 Å². The van der Waals surface area contributed by atoms with Gasteiger partial charge in [-0.3, -0.25) is 0 Å². The topological polar surface area (TPSA) is 4.93 Å². The molecule has 0 amide bonds. The first-order chi connectivity index (χ1) is 15.2. The summed E-state index contributed by atoms with van der Waals surface area (Å²) in [5.74, 6) is 0. The molecule has 0 radical (unpaired) electrons. The SMILES string of the molecule is CC.CC.Clc1cc(Br)cc(-c2ccc3c(c2)c2ccccc2n3-c2ccccc2)c1. The third-order valence-electron chi connectivity index (χ3n) is 4.88. The fraction of sp³-hybridized carbons (Fsp3) is 0.143. The van der Waals surface area contributed by atoms with Gasteiger partial charge in [0, 0.05) is 26.0 Å².